The summed E-state index contributed by atoms with van der Waals surface area (Å²) in [6.45, 7) is 0. The molecule has 0 saturated heterocycles. The molecular weight excluding hydrogens is 218 g/mol. The Morgan fingerprint density at radius 3 is 3.00 bits per heavy atom. The van der Waals surface area contributed by atoms with Gasteiger partial charge in [0.05, 0.1) is 23.1 Å². The van der Waals surface area contributed by atoms with Crippen molar-refractivity contribution >= 4 is 41.9 Å². The smallest absolute Gasteiger partial charge is 0.211 e. The van der Waals surface area contributed by atoms with E-state index in [1.54, 1.807) is 0 Å². The van der Waals surface area contributed by atoms with Crippen LogP contribution < -0.4 is 10.7 Å². The second kappa shape index (κ2) is 5.71. The number of rotatable bonds is 5. The molecule has 15 heavy (non-hydrogen) atoms. The van der Waals surface area contributed by atoms with Crippen molar-refractivity contribution in [3.8, 4) is 0 Å². The fourth-order valence-corrected chi connectivity index (χ4v) is 1.01. The molecule has 3 N–H and O–H groups in total. The topological polar surface area (TPSA) is 90.2 Å². The average Bonchev–Trinajstić information content (AvgIpc) is 2.22. The lowest BCUT2D eigenvalue weighted by Gasteiger charge is -2.03. The number of hydrogen-bond donors (Lipinski definition) is 3. The minimum atomic E-state index is 0.323. The standard InChI is InChI=1S/C8H8ClN5O/c9-7-3-6(12-5-15)4-11-8(7)14-13-2-1-10/h1-5,10H,(H,11,14)(H,12,15)/b10-1?,13-2-. The first-order chi connectivity index (χ1) is 7.27. The van der Waals surface area contributed by atoms with Crippen LogP contribution in [0.2, 0.25) is 5.02 Å². The maximum absolute atomic E-state index is 10.1. The molecule has 0 aromatic carbocycles. The fourth-order valence-electron chi connectivity index (χ4n) is 0.803. The molecule has 1 heterocycles. The number of carbonyl (C=O) groups is 1. The van der Waals surface area contributed by atoms with Crippen molar-refractivity contribution in [3.63, 3.8) is 0 Å². The van der Waals surface area contributed by atoms with Crippen LogP contribution in [0.5, 0.6) is 0 Å². The molecule has 0 bridgehead atoms. The number of pyridine rings is 1. The molecule has 7 heteroatoms. The van der Waals surface area contributed by atoms with Gasteiger partial charge >= 0.3 is 0 Å². The minimum Gasteiger partial charge on any atom is -0.327 e. The van der Waals surface area contributed by atoms with Crippen LogP contribution in [0.3, 0.4) is 0 Å². The highest BCUT2D eigenvalue weighted by atomic mass is 35.5. The van der Waals surface area contributed by atoms with Gasteiger partial charge in [-0.15, -0.1) is 0 Å². The Morgan fingerprint density at radius 2 is 2.40 bits per heavy atom. The molecule has 1 aromatic rings. The maximum Gasteiger partial charge on any atom is 0.211 e. The van der Waals surface area contributed by atoms with E-state index in [2.05, 4.69) is 20.8 Å². The Balaban J connectivity index is 2.78. The van der Waals surface area contributed by atoms with Crippen molar-refractivity contribution in [1.29, 1.82) is 5.41 Å². The molecule has 0 unspecified atom stereocenters. The Bertz CT molecular complexity index is 393. The van der Waals surface area contributed by atoms with Crippen LogP contribution in [0.15, 0.2) is 17.4 Å². The second-order valence-electron chi connectivity index (χ2n) is 2.37. The van der Waals surface area contributed by atoms with Gasteiger partial charge in [0, 0.05) is 6.21 Å². The van der Waals surface area contributed by atoms with E-state index in [-0.39, 0.29) is 0 Å². The molecule has 0 atom stereocenters. The molecule has 0 saturated carbocycles. The van der Waals surface area contributed by atoms with E-state index >= 15 is 0 Å². The number of nitrogens with one attached hydrogen (secondary N) is 3. The molecule has 0 aliphatic carbocycles. The Morgan fingerprint density at radius 1 is 1.60 bits per heavy atom. The van der Waals surface area contributed by atoms with Crippen molar-refractivity contribution in [3.05, 3.63) is 17.3 Å². The van der Waals surface area contributed by atoms with Crippen LogP contribution in [0, 0.1) is 5.41 Å². The van der Waals surface area contributed by atoms with E-state index in [0.717, 1.165) is 6.21 Å². The van der Waals surface area contributed by atoms with Crippen molar-refractivity contribution in [2.24, 2.45) is 5.10 Å². The van der Waals surface area contributed by atoms with E-state index in [0.29, 0.717) is 22.9 Å². The zero-order valence-electron chi connectivity index (χ0n) is 7.57. The monoisotopic (exact) mass is 225 g/mol. The normalized spacial score (nSPS) is 9.93. The molecule has 0 radical (unpaired) electrons. The van der Waals surface area contributed by atoms with E-state index in [1.165, 1.54) is 18.5 Å². The summed E-state index contributed by atoms with van der Waals surface area (Å²) in [6.07, 6.45) is 4.23. The first-order valence-corrected chi connectivity index (χ1v) is 4.29. The predicted octanol–water partition coefficient (Wildman–Crippen LogP) is 1.35. The van der Waals surface area contributed by atoms with Gasteiger partial charge in [-0.25, -0.2) is 4.98 Å². The number of amides is 1. The lowest BCUT2D eigenvalue weighted by atomic mass is 10.4. The number of anilines is 2. The Labute approximate surface area is 90.9 Å². The lowest BCUT2D eigenvalue weighted by molar-refractivity contribution is -0.105. The molecule has 0 aliphatic rings. The van der Waals surface area contributed by atoms with Gasteiger partial charge in [-0.1, -0.05) is 11.6 Å². The van der Waals surface area contributed by atoms with Gasteiger partial charge in [-0.3, -0.25) is 10.2 Å². The highest BCUT2D eigenvalue weighted by Gasteiger charge is 2.01. The van der Waals surface area contributed by atoms with Crippen molar-refractivity contribution in [1.82, 2.24) is 4.98 Å². The molecular formula is C8H8ClN5O. The molecule has 1 aromatic heterocycles. The molecule has 0 aliphatic heterocycles. The average molecular weight is 226 g/mol. The van der Waals surface area contributed by atoms with Gasteiger partial charge in [-0.05, 0) is 6.07 Å². The second-order valence-corrected chi connectivity index (χ2v) is 2.78. The van der Waals surface area contributed by atoms with Gasteiger partial charge in [0.1, 0.15) is 0 Å². The van der Waals surface area contributed by atoms with Gasteiger partial charge < -0.3 is 10.7 Å². The van der Waals surface area contributed by atoms with Crippen molar-refractivity contribution in [2.75, 3.05) is 10.7 Å². The third kappa shape index (κ3) is 3.35. The van der Waals surface area contributed by atoms with Crippen molar-refractivity contribution in [2.45, 2.75) is 0 Å². The molecule has 0 spiro atoms. The summed E-state index contributed by atoms with van der Waals surface area (Å²) in [7, 11) is 0. The lowest BCUT2D eigenvalue weighted by Crippen LogP contribution is -1.98. The van der Waals surface area contributed by atoms with E-state index in [9.17, 15) is 4.79 Å². The van der Waals surface area contributed by atoms with Gasteiger partial charge in [0.25, 0.3) is 0 Å². The molecule has 6 nitrogen and oxygen atoms in total. The number of hydrogen-bond acceptors (Lipinski definition) is 5. The number of halogens is 1. The fraction of sp³-hybridized carbons (Fsp3) is 0. The molecule has 1 rings (SSSR count). The summed E-state index contributed by atoms with van der Waals surface area (Å²) in [5, 5.41) is 13.1. The summed E-state index contributed by atoms with van der Waals surface area (Å²) in [5.74, 6) is 0.353. The zero-order chi connectivity index (χ0) is 11.1. The summed E-state index contributed by atoms with van der Waals surface area (Å²) < 4.78 is 0. The number of nitrogens with zero attached hydrogens (tertiary/aromatic N) is 2. The predicted molar refractivity (Wildman–Crippen MR) is 59.8 cm³/mol. The SMILES string of the molecule is N=C/C=N\Nc1ncc(NC=O)cc1Cl. The summed E-state index contributed by atoms with van der Waals surface area (Å²) in [5.41, 5.74) is 3.04. The van der Waals surface area contributed by atoms with E-state index in [1.807, 2.05) is 0 Å². The number of hydrazone groups is 1. The zero-order valence-corrected chi connectivity index (χ0v) is 8.32. The number of carbonyl (C=O) groups excluding carboxylic acids is 1. The summed E-state index contributed by atoms with van der Waals surface area (Å²) in [4.78, 5) is 14.1. The first kappa shape index (κ1) is 11.1. The summed E-state index contributed by atoms with van der Waals surface area (Å²) in [6, 6.07) is 1.53. The third-order valence-electron chi connectivity index (χ3n) is 1.39. The summed E-state index contributed by atoms with van der Waals surface area (Å²) >= 11 is 5.83. The van der Waals surface area contributed by atoms with E-state index < -0.39 is 0 Å². The first-order valence-electron chi connectivity index (χ1n) is 3.92. The molecule has 0 fully saturated rings. The quantitative estimate of drug-likeness (QED) is 0.401. The number of aromatic nitrogens is 1. The maximum atomic E-state index is 10.1. The Kier molecular flexibility index (Phi) is 4.24. The van der Waals surface area contributed by atoms with Crippen LogP contribution in [-0.2, 0) is 4.79 Å². The van der Waals surface area contributed by atoms with Crippen LogP contribution in [0.4, 0.5) is 11.5 Å². The van der Waals surface area contributed by atoms with Gasteiger partial charge in [0.15, 0.2) is 5.82 Å². The highest BCUT2D eigenvalue weighted by molar-refractivity contribution is 6.33. The van der Waals surface area contributed by atoms with Gasteiger partial charge in [0.2, 0.25) is 6.41 Å². The van der Waals surface area contributed by atoms with Crippen LogP contribution in [0.25, 0.3) is 0 Å². The molecule has 78 valence electrons. The van der Waals surface area contributed by atoms with Crippen LogP contribution >= 0.6 is 11.6 Å². The Hall–Kier alpha value is -1.95. The molecule has 1 amide bonds. The largest absolute Gasteiger partial charge is 0.327 e. The van der Waals surface area contributed by atoms with Gasteiger partial charge in [-0.2, -0.15) is 5.10 Å². The highest BCUT2D eigenvalue weighted by Crippen LogP contribution is 2.22. The van der Waals surface area contributed by atoms with E-state index in [4.69, 9.17) is 17.0 Å². The minimum absolute atomic E-state index is 0.323. The van der Waals surface area contributed by atoms with Crippen LogP contribution in [0.1, 0.15) is 0 Å². The third-order valence-corrected chi connectivity index (χ3v) is 1.67. The van der Waals surface area contributed by atoms with Crippen molar-refractivity contribution < 1.29 is 4.79 Å². The van der Waals surface area contributed by atoms with Crippen LogP contribution in [-0.4, -0.2) is 23.8 Å².